The van der Waals surface area contributed by atoms with Gasteiger partial charge in [0, 0.05) is 11.1 Å². The largest absolute Gasteiger partial charge is 0.507 e. The van der Waals surface area contributed by atoms with E-state index in [1.54, 1.807) is 24.3 Å². The highest BCUT2D eigenvalue weighted by atomic mass is 16.5. The number of aromatic hydroxyl groups is 2. The second kappa shape index (κ2) is 14.2. The first kappa shape index (κ1) is 28.8. The third-order valence-electron chi connectivity index (χ3n) is 4.29. The molecule has 0 aliphatic rings. The number of aldehydes is 2. The van der Waals surface area contributed by atoms with E-state index in [2.05, 4.69) is 4.74 Å². The Balaban J connectivity index is 0.000000274. The fourth-order valence-electron chi connectivity index (χ4n) is 2.52. The zero-order chi connectivity index (χ0) is 27.3. The summed E-state index contributed by atoms with van der Waals surface area (Å²) in [4.78, 5) is 52.6. The normalized spacial score (nSPS) is 9.28. The summed E-state index contributed by atoms with van der Waals surface area (Å²) in [6.07, 6.45) is 1.18. The van der Waals surface area contributed by atoms with Crippen LogP contribution in [0.1, 0.15) is 51.8 Å². The van der Waals surface area contributed by atoms with Crippen molar-refractivity contribution in [1.82, 2.24) is 0 Å². The van der Waals surface area contributed by atoms with Gasteiger partial charge in [-0.2, -0.15) is 0 Å². The fourth-order valence-corrected chi connectivity index (χ4v) is 2.52. The number of carbonyl (C=O) groups excluding carboxylic acids is 3. The Hall–Kier alpha value is -5.19. The number of carboxylic acid groups (broad SMARTS) is 2. The Morgan fingerprint density at radius 1 is 0.694 bits per heavy atom. The van der Waals surface area contributed by atoms with Crippen molar-refractivity contribution >= 4 is 30.5 Å². The van der Waals surface area contributed by atoms with Gasteiger partial charge >= 0.3 is 17.9 Å². The zero-order valence-corrected chi connectivity index (χ0v) is 19.1. The second-order valence-electron chi connectivity index (χ2n) is 6.59. The number of ether oxygens (including phenoxy) is 2. The summed E-state index contributed by atoms with van der Waals surface area (Å²) in [5.74, 6) is -3.04. The fraction of sp³-hybridized carbons (Fsp3) is 0.0800. The average Bonchev–Trinajstić information content (AvgIpc) is 2.88. The van der Waals surface area contributed by atoms with Crippen molar-refractivity contribution in [3.63, 3.8) is 0 Å². The molecule has 36 heavy (non-hydrogen) atoms. The lowest BCUT2D eigenvalue weighted by molar-refractivity contribution is 0.0595. The van der Waals surface area contributed by atoms with Crippen molar-refractivity contribution in [3.05, 3.63) is 88.5 Å². The second-order valence-corrected chi connectivity index (χ2v) is 6.59. The Morgan fingerprint density at radius 3 is 1.64 bits per heavy atom. The number of aromatic carboxylic acids is 2. The number of methoxy groups -OCH3 is 2. The van der Waals surface area contributed by atoms with Gasteiger partial charge in [0.15, 0.2) is 0 Å². The van der Waals surface area contributed by atoms with Gasteiger partial charge in [-0.25, -0.2) is 14.4 Å². The van der Waals surface area contributed by atoms with Crippen molar-refractivity contribution in [2.24, 2.45) is 0 Å². The number of esters is 1. The molecule has 0 heterocycles. The Kier molecular flexibility index (Phi) is 11.3. The monoisotopic (exact) mass is 498 g/mol. The molecule has 0 atom stereocenters. The summed E-state index contributed by atoms with van der Waals surface area (Å²) in [6.45, 7) is 0. The molecular weight excluding hydrogens is 476 g/mol. The molecule has 0 aliphatic heterocycles. The molecule has 0 fully saturated rings. The van der Waals surface area contributed by atoms with Gasteiger partial charge in [0.25, 0.3) is 0 Å². The van der Waals surface area contributed by atoms with Crippen molar-refractivity contribution in [2.75, 3.05) is 14.2 Å². The smallest absolute Gasteiger partial charge is 0.341 e. The van der Waals surface area contributed by atoms with E-state index in [1.807, 2.05) is 0 Å². The van der Waals surface area contributed by atoms with Crippen LogP contribution in [0.3, 0.4) is 0 Å². The molecule has 0 aliphatic carbocycles. The van der Waals surface area contributed by atoms with E-state index in [0.717, 1.165) is 6.07 Å². The molecule has 0 saturated heterocycles. The number of para-hydroxylation sites is 1. The maximum absolute atomic E-state index is 11.2. The van der Waals surface area contributed by atoms with E-state index >= 15 is 0 Å². The number of carboxylic acids is 2. The lowest BCUT2D eigenvalue weighted by Crippen LogP contribution is -2.04. The molecule has 0 spiro atoms. The van der Waals surface area contributed by atoms with Crippen LogP contribution >= 0.6 is 0 Å². The van der Waals surface area contributed by atoms with Gasteiger partial charge in [0.2, 0.25) is 0 Å². The number of benzene rings is 3. The molecule has 4 N–H and O–H groups in total. The van der Waals surface area contributed by atoms with E-state index in [0.29, 0.717) is 23.9 Å². The van der Waals surface area contributed by atoms with Crippen molar-refractivity contribution in [1.29, 1.82) is 0 Å². The lowest BCUT2D eigenvalue weighted by atomic mass is 10.1. The summed E-state index contributed by atoms with van der Waals surface area (Å²) in [5, 5.41) is 34.8. The Bertz CT molecular complexity index is 1250. The molecule has 0 unspecified atom stereocenters. The van der Waals surface area contributed by atoms with Crippen LogP contribution in [0.25, 0.3) is 0 Å². The minimum atomic E-state index is -1.25. The minimum absolute atomic E-state index is 0.0671. The molecule has 188 valence electrons. The van der Waals surface area contributed by atoms with Crippen LogP contribution in [0.5, 0.6) is 17.2 Å². The number of phenols is 2. The third-order valence-corrected chi connectivity index (χ3v) is 4.29. The third kappa shape index (κ3) is 8.30. The zero-order valence-electron chi connectivity index (χ0n) is 19.1. The maximum atomic E-state index is 11.2. The predicted octanol–water partition coefficient (Wildman–Crippen LogP) is 3.29. The molecule has 3 rings (SSSR count). The van der Waals surface area contributed by atoms with Gasteiger partial charge in [-0.1, -0.05) is 12.1 Å². The minimum Gasteiger partial charge on any atom is -0.507 e. The van der Waals surface area contributed by atoms with Crippen LogP contribution in [0.4, 0.5) is 0 Å². The predicted molar refractivity (Wildman–Crippen MR) is 125 cm³/mol. The molecule has 3 aromatic carbocycles. The molecule has 11 nitrogen and oxygen atoms in total. The molecule has 3 aromatic rings. The molecule has 0 radical (unpaired) electrons. The average molecular weight is 498 g/mol. The van der Waals surface area contributed by atoms with E-state index in [4.69, 9.17) is 25.2 Å². The lowest BCUT2D eigenvalue weighted by Gasteiger charge is -2.06. The maximum Gasteiger partial charge on any atom is 0.341 e. The molecule has 0 amide bonds. The molecular formula is C25H22O11. The van der Waals surface area contributed by atoms with Crippen molar-refractivity contribution in [2.45, 2.75) is 0 Å². The molecule has 0 bridgehead atoms. The molecule has 0 saturated carbocycles. The Labute approximate surface area is 204 Å². The SMILES string of the molecule is COC(=O)c1cc(C=O)ccc1OC.O=C(O)c1ccccc1O.O=Cc1ccc(O)c(C(=O)O)c1. The van der Waals surface area contributed by atoms with E-state index in [-0.39, 0.29) is 33.8 Å². The Morgan fingerprint density at radius 2 is 1.19 bits per heavy atom. The van der Waals surface area contributed by atoms with Gasteiger partial charge in [-0.15, -0.1) is 0 Å². The quantitative estimate of drug-likeness (QED) is 0.289. The summed E-state index contributed by atoms with van der Waals surface area (Å²) in [7, 11) is 2.72. The van der Waals surface area contributed by atoms with Crippen molar-refractivity contribution < 1.29 is 53.9 Å². The van der Waals surface area contributed by atoms with E-state index < -0.39 is 17.9 Å². The van der Waals surface area contributed by atoms with Crippen LogP contribution < -0.4 is 4.74 Å². The van der Waals surface area contributed by atoms with Gasteiger partial charge in [-0.05, 0) is 48.5 Å². The van der Waals surface area contributed by atoms with Gasteiger partial charge in [-0.3, -0.25) is 9.59 Å². The van der Waals surface area contributed by atoms with E-state index in [1.165, 1.54) is 44.6 Å². The molecule has 0 aromatic heterocycles. The van der Waals surface area contributed by atoms with Crippen molar-refractivity contribution in [3.8, 4) is 17.2 Å². The summed E-state index contributed by atoms with van der Waals surface area (Å²) < 4.78 is 9.49. The summed E-state index contributed by atoms with van der Waals surface area (Å²) in [6, 6.07) is 14.0. The van der Waals surface area contributed by atoms with Crippen LogP contribution in [-0.2, 0) is 4.74 Å². The van der Waals surface area contributed by atoms with Crippen LogP contribution in [0, 0.1) is 0 Å². The van der Waals surface area contributed by atoms with Crippen LogP contribution in [-0.4, -0.2) is 65.1 Å². The standard InChI is InChI=1S/C10H10O4.C8H6O4.C7H6O3/c1-13-9-4-3-7(6-11)5-8(9)10(12)14-2;9-4-5-1-2-7(10)6(3-5)8(11)12;8-6-4-2-1-3-5(6)7(9)10/h3-6H,1-2H3;1-4,10H,(H,11,12);1-4,8H,(H,9,10). The first-order valence-electron chi connectivity index (χ1n) is 9.83. The van der Waals surface area contributed by atoms with E-state index in [9.17, 15) is 24.0 Å². The number of carbonyl (C=O) groups is 5. The highest BCUT2D eigenvalue weighted by Crippen LogP contribution is 2.20. The topological polar surface area (TPSA) is 185 Å². The van der Waals surface area contributed by atoms with Gasteiger partial charge in [0.1, 0.15) is 46.5 Å². The van der Waals surface area contributed by atoms with Gasteiger partial charge in [0.05, 0.1) is 14.2 Å². The number of hydrogen-bond acceptors (Lipinski definition) is 9. The first-order chi connectivity index (χ1) is 17.1. The first-order valence-corrected chi connectivity index (χ1v) is 9.83. The summed E-state index contributed by atoms with van der Waals surface area (Å²) >= 11 is 0. The summed E-state index contributed by atoms with van der Waals surface area (Å²) in [5.41, 5.74) is 0.554. The highest BCUT2D eigenvalue weighted by Gasteiger charge is 2.13. The van der Waals surface area contributed by atoms with Crippen LogP contribution in [0.15, 0.2) is 60.7 Å². The van der Waals surface area contributed by atoms with Crippen LogP contribution in [0.2, 0.25) is 0 Å². The number of rotatable bonds is 6. The van der Waals surface area contributed by atoms with Gasteiger partial charge < -0.3 is 29.9 Å². The highest BCUT2D eigenvalue weighted by molar-refractivity contribution is 5.94. The number of hydrogen-bond donors (Lipinski definition) is 4. The molecule has 11 heteroatoms.